The molecule has 0 fully saturated rings. The number of rotatable bonds is 3. The van der Waals surface area contributed by atoms with E-state index in [1.54, 1.807) is 12.1 Å². The minimum Gasteiger partial charge on any atom is -0.396 e. The van der Waals surface area contributed by atoms with Gasteiger partial charge in [0.25, 0.3) is 0 Å². The summed E-state index contributed by atoms with van der Waals surface area (Å²) >= 11 is 0. The third kappa shape index (κ3) is 3.38. The molecule has 18 heavy (non-hydrogen) atoms. The highest BCUT2D eigenvalue weighted by molar-refractivity contribution is 7.90. The van der Waals surface area contributed by atoms with Crippen molar-refractivity contribution in [2.45, 2.75) is 38.6 Å². The van der Waals surface area contributed by atoms with E-state index in [9.17, 15) is 8.42 Å². The lowest BCUT2D eigenvalue weighted by Crippen LogP contribution is -2.31. The molecule has 0 aliphatic rings. The molecule has 1 aromatic rings. The van der Waals surface area contributed by atoms with Gasteiger partial charge in [-0.2, -0.15) is 0 Å². The maximum absolute atomic E-state index is 11.6. The molecular weight excluding hydrogens is 248 g/mol. The summed E-state index contributed by atoms with van der Waals surface area (Å²) in [6.07, 6.45) is 1.16. The minimum absolute atomic E-state index is 0.0630. The molecule has 0 saturated carbocycles. The van der Waals surface area contributed by atoms with Crippen LogP contribution >= 0.6 is 0 Å². The number of para-hydroxylation sites is 1. The van der Waals surface area contributed by atoms with E-state index in [0.29, 0.717) is 5.69 Å². The van der Waals surface area contributed by atoms with Gasteiger partial charge in [-0.05, 0) is 24.5 Å². The number of anilines is 2. The highest BCUT2D eigenvalue weighted by Crippen LogP contribution is 2.30. The van der Waals surface area contributed by atoms with E-state index in [1.807, 2.05) is 6.92 Å². The van der Waals surface area contributed by atoms with E-state index in [2.05, 4.69) is 26.1 Å². The van der Waals surface area contributed by atoms with Crippen LogP contribution in [0.15, 0.2) is 23.1 Å². The summed E-state index contributed by atoms with van der Waals surface area (Å²) in [5.41, 5.74) is 6.94. The SMILES string of the molecule is CC(Nc1cccc(S(C)(=O)=O)c1N)C(C)(C)C. The van der Waals surface area contributed by atoms with Gasteiger partial charge in [0.05, 0.1) is 16.3 Å². The molecule has 4 nitrogen and oxygen atoms in total. The lowest BCUT2D eigenvalue weighted by molar-refractivity contribution is 0.359. The number of nitrogen functional groups attached to an aromatic ring is 1. The zero-order valence-electron chi connectivity index (χ0n) is 11.6. The second-order valence-corrected chi connectivity index (χ2v) is 7.71. The van der Waals surface area contributed by atoms with Crippen LogP contribution < -0.4 is 11.1 Å². The monoisotopic (exact) mass is 270 g/mol. The molecule has 0 saturated heterocycles. The second-order valence-electron chi connectivity index (χ2n) is 5.72. The lowest BCUT2D eigenvalue weighted by Gasteiger charge is -2.29. The Bertz CT molecular complexity index is 530. The highest BCUT2D eigenvalue weighted by atomic mass is 32.2. The van der Waals surface area contributed by atoms with E-state index in [-0.39, 0.29) is 22.0 Å². The average Bonchev–Trinajstić information content (AvgIpc) is 2.17. The normalized spacial score (nSPS) is 14.3. The fourth-order valence-electron chi connectivity index (χ4n) is 1.44. The van der Waals surface area contributed by atoms with Crippen molar-refractivity contribution in [3.05, 3.63) is 18.2 Å². The van der Waals surface area contributed by atoms with Crippen molar-refractivity contribution in [1.82, 2.24) is 0 Å². The molecule has 0 bridgehead atoms. The molecular formula is C13H22N2O2S. The van der Waals surface area contributed by atoms with Crippen LogP contribution in [0.2, 0.25) is 0 Å². The van der Waals surface area contributed by atoms with Crippen LogP contribution in [0.3, 0.4) is 0 Å². The summed E-state index contributed by atoms with van der Waals surface area (Å²) in [4.78, 5) is 0.175. The van der Waals surface area contributed by atoms with Crippen molar-refractivity contribution in [1.29, 1.82) is 0 Å². The zero-order chi connectivity index (χ0) is 14.1. The van der Waals surface area contributed by atoms with Crippen LogP contribution in [0.1, 0.15) is 27.7 Å². The van der Waals surface area contributed by atoms with Crippen LogP contribution in [-0.2, 0) is 9.84 Å². The second kappa shape index (κ2) is 4.80. The molecule has 0 spiro atoms. The number of benzene rings is 1. The quantitative estimate of drug-likeness (QED) is 0.828. The Morgan fingerprint density at radius 3 is 2.28 bits per heavy atom. The van der Waals surface area contributed by atoms with Gasteiger partial charge in [-0.3, -0.25) is 0 Å². The molecule has 1 rings (SSSR count). The van der Waals surface area contributed by atoms with Gasteiger partial charge in [0.15, 0.2) is 9.84 Å². The smallest absolute Gasteiger partial charge is 0.177 e. The molecule has 1 unspecified atom stereocenters. The fourth-order valence-corrected chi connectivity index (χ4v) is 2.28. The number of sulfone groups is 1. The van der Waals surface area contributed by atoms with Gasteiger partial charge < -0.3 is 11.1 Å². The first-order valence-electron chi connectivity index (χ1n) is 5.88. The molecule has 0 aliphatic heterocycles. The van der Waals surface area contributed by atoms with Crippen LogP contribution in [0.4, 0.5) is 11.4 Å². The molecule has 0 heterocycles. The predicted molar refractivity (Wildman–Crippen MR) is 76.5 cm³/mol. The van der Waals surface area contributed by atoms with E-state index in [4.69, 9.17) is 5.73 Å². The Hall–Kier alpha value is -1.23. The third-order valence-electron chi connectivity index (χ3n) is 3.14. The van der Waals surface area contributed by atoms with Gasteiger partial charge in [-0.15, -0.1) is 0 Å². The van der Waals surface area contributed by atoms with Crippen LogP contribution in [-0.4, -0.2) is 20.7 Å². The Morgan fingerprint density at radius 2 is 1.83 bits per heavy atom. The van der Waals surface area contributed by atoms with E-state index < -0.39 is 9.84 Å². The Balaban J connectivity index is 3.14. The largest absolute Gasteiger partial charge is 0.396 e. The first kappa shape index (κ1) is 14.8. The first-order chi connectivity index (χ1) is 8.03. The van der Waals surface area contributed by atoms with Crippen molar-refractivity contribution in [3.63, 3.8) is 0 Å². The molecule has 0 aliphatic carbocycles. The number of hydrogen-bond donors (Lipinski definition) is 2. The summed E-state index contributed by atoms with van der Waals surface area (Å²) in [6, 6.07) is 5.20. The van der Waals surface area contributed by atoms with Crippen molar-refractivity contribution in [3.8, 4) is 0 Å². The van der Waals surface area contributed by atoms with Crippen LogP contribution in [0.25, 0.3) is 0 Å². The molecule has 1 aromatic carbocycles. The summed E-state index contributed by atoms with van der Waals surface area (Å²) in [6.45, 7) is 8.39. The molecule has 102 valence electrons. The Kier molecular flexibility index (Phi) is 3.96. The van der Waals surface area contributed by atoms with Gasteiger partial charge in [0.2, 0.25) is 0 Å². The average molecular weight is 270 g/mol. The van der Waals surface area contributed by atoms with Gasteiger partial charge in [0.1, 0.15) is 0 Å². The predicted octanol–water partition coefficient (Wildman–Crippen LogP) is 2.52. The number of nitrogens with two attached hydrogens (primary N) is 1. The summed E-state index contributed by atoms with van der Waals surface area (Å²) in [5, 5.41) is 3.27. The van der Waals surface area contributed by atoms with Crippen molar-refractivity contribution >= 4 is 21.2 Å². The highest BCUT2D eigenvalue weighted by Gasteiger charge is 2.21. The fraction of sp³-hybridized carbons (Fsp3) is 0.538. The maximum atomic E-state index is 11.6. The topological polar surface area (TPSA) is 72.2 Å². The third-order valence-corrected chi connectivity index (χ3v) is 4.29. The number of nitrogens with one attached hydrogen (secondary N) is 1. The Morgan fingerprint density at radius 1 is 1.28 bits per heavy atom. The zero-order valence-corrected chi connectivity index (χ0v) is 12.4. The van der Waals surface area contributed by atoms with Crippen LogP contribution in [0.5, 0.6) is 0 Å². The van der Waals surface area contributed by atoms with E-state index >= 15 is 0 Å². The lowest BCUT2D eigenvalue weighted by atomic mass is 9.88. The summed E-state index contributed by atoms with van der Waals surface area (Å²) in [5.74, 6) is 0. The molecule has 0 radical (unpaired) electrons. The summed E-state index contributed by atoms with van der Waals surface area (Å²) < 4.78 is 23.2. The van der Waals surface area contributed by atoms with Gasteiger partial charge in [-0.1, -0.05) is 26.8 Å². The molecule has 1 atom stereocenters. The van der Waals surface area contributed by atoms with E-state index in [0.717, 1.165) is 6.26 Å². The number of hydrogen-bond acceptors (Lipinski definition) is 4. The molecule has 0 amide bonds. The van der Waals surface area contributed by atoms with Gasteiger partial charge >= 0.3 is 0 Å². The maximum Gasteiger partial charge on any atom is 0.177 e. The molecule has 0 aromatic heterocycles. The standard InChI is InChI=1S/C13H22N2O2S/c1-9(13(2,3)4)15-10-7-6-8-11(12(10)14)18(5,16)17/h6-9,15H,14H2,1-5H3. The van der Waals surface area contributed by atoms with Crippen molar-refractivity contribution in [2.24, 2.45) is 5.41 Å². The van der Waals surface area contributed by atoms with Gasteiger partial charge in [-0.25, -0.2) is 8.42 Å². The van der Waals surface area contributed by atoms with Gasteiger partial charge in [0, 0.05) is 12.3 Å². The molecule has 5 heteroatoms. The minimum atomic E-state index is -3.29. The Labute approximate surface area is 110 Å². The van der Waals surface area contributed by atoms with Crippen molar-refractivity contribution < 1.29 is 8.42 Å². The molecule has 3 N–H and O–H groups in total. The summed E-state index contributed by atoms with van der Waals surface area (Å²) in [7, 11) is -3.29. The van der Waals surface area contributed by atoms with Crippen molar-refractivity contribution in [2.75, 3.05) is 17.3 Å². The first-order valence-corrected chi connectivity index (χ1v) is 7.77. The van der Waals surface area contributed by atoms with E-state index in [1.165, 1.54) is 6.07 Å². The van der Waals surface area contributed by atoms with Crippen LogP contribution in [0, 0.1) is 5.41 Å².